The first-order valence-corrected chi connectivity index (χ1v) is 10.9. The molecule has 1 N–H and O–H groups in total. The molecule has 1 aliphatic heterocycles. The smallest absolute Gasteiger partial charge is 0.270 e. The molecule has 0 atom stereocenters. The molecule has 2 aromatic carbocycles. The van der Waals surface area contributed by atoms with Gasteiger partial charge in [0.25, 0.3) is 11.6 Å². The van der Waals surface area contributed by atoms with Crippen molar-refractivity contribution >= 4 is 67.8 Å². The Kier molecular flexibility index (Phi) is 5.99. The van der Waals surface area contributed by atoms with Crippen LogP contribution in [0.3, 0.4) is 0 Å². The van der Waals surface area contributed by atoms with Gasteiger partial charge >= 0.3 is 0 Å². The van der Waals surface area contributed by atoms with Crippen LogP contribution >= 0.6 is 39.3 Å². The molecule has 1 saturated heterocycles. The van der Waals surface area contributed by atoms with Gasteiger partial charge in [-0.1, -0.05) is 17.7 Å². The Morgan fingerprint density at radius 3 is 2.74 bits per heavy atom. The van der Waals surface area contributed by atoms with Gasteiger partial charge in [-0.05, 0) is 70.5 Å². The molecule has 0 spiro atoms. The number of carbonyl (C=O) groups excluding carboxylic acids is 1. The van der Waals surface area contributed by atoms with Crippen molar-refractivity contribution in [2.45, 2.75) is 6.92 Å². The third kappa shape index (κ3) is 4.73. The first-order chi connectivity index (χ1) is 14.8. The summed E-state index contributed by atoms with van der Waals surface area (Å²) >= 11 is 10.7. The number of furan rings is 1. The lowest BCUT2D eigenvalue weighted by atomic mass is 10.1. The van der Waals surface area contributed by atoms with E-state index >= 15 is 0 Å². The van der Waals surface area contributed by atoms with Crippen LogP contribution in [0.15, 0.2) is 67.3 Å². The zero-order valence-corrected chi connectivity index (χ0v) is 19.0. The monoisotopic (exact) mass is 517 g/mol. The van der Waals surface area contributed by atoms with Crippen molar-refractivity contribution in [3.8, 4) is 11.3 Å². The Labute approximate surface area is 194 Å². The highest BCUT2D eigenvalue weighted by atomic mass is 79.9. The van der Waals surface area contributed by atoms with Crippen molar-refractivity contribution in [2.75, 3.05) is 0 Å². The molecule has 1 aromatic heterocycles. The number of nitro benzene ring substituents is 1. The number of nitro groups is 1. The summed E-state index contributed by atoms with van der Waals surface area (Å²) in [5.74, 6) is 0.703. The fourth-order valence-corrected chi connectivity index (χ4v) is 4.33. The number of amides is 1. The van der Waals surface area contributed by atoms with Gasteiger partial charge in [0.2, 0.25) is 0 Å². The normalized spacial score (nSPS) is 16.2. The van der Waals surface area contributed by atoms with Crippen LogP contribution < -0.4 is 5.32 Å². The molecule has 0 bridgehead atoms. The number of non-ortho nitro benzene ring substituents is 1. The summed E-state index contributed by atoms with van der Waals surface area (Å²) in [5.41, 5.74) is 2.23. The summed E-state index contributed by atoms with van der Waals surface area (Å²) in [6.07, 6.45) is 1.62. The number of hydrogen-bond donors (Lipinski definition) is 1. The highest BCUT2D eigenvalue weighted by Crippen LogP contribution is 2.34. The molecule has 7 nitrogen and oxygen atoms in total. The van der Waals surface area contributed by atoms with Crippen molar-refractivity contribution in [1.82, 2.24) is 5.32 Å². The number of nitrogens with zero attached hydrogens (tertiary/aromatic N) is 2. The number of amidine groups is 1. The van der Waals surface area contributed by atoms with Gasteiger partial charge in [0.05, 0.1) is 15.5 Å². The Morgan fingerprint density at radius 2 is 2.03 bits per heavy atom. The summed E-state index contributed by atoms with van der Waals surface area (Å²) in [7, 11) is 0. The highest BCUT2D eigenvalue weighted by molar-refractivity contribution is 9.10. The summed E-state index contributed by atoms with van der Waals surface area (Å²) in [4.78, 5) is 27.6. The summed E-state index contributed by atoms with van der Waals surface area (Å²) < 4.78 is 6.35. The molecular formula is C21H13BrClN3O4S. The second-order valence-corrected chi connectivity index (χ2v) is 8.83. The number of hydrogen-bond acceptors (Lipinski definition) is 6. The fraction of sp³-hybridized carbons (Fsp3) is 0.0476. The predicted octanol–water partition coefficient (Wildman–Crippen LogP) is 6.47. The molecule has 1 amide bonds. The van der Waals surface area contributed by atoms with Crippen LogP contribution in [-0.4, -0.2) is 16.0 Å². The molecule has 10 heteroatoms. The van der Waals surface area contributed by atoms with Crippen molar-refractivity contribution in [3.63, 3.8) is 0 Å². The second-order valence-electron chi connectivity index (χ2n) is 6.54. The second kappa shape index (κ2) is 8.70. The van der Waals surface area contributed by atoms with Crippen LogP contribution in [0.2, 0.25) is 5.02 Å². The standard InChI is InChI=1S/C21H13BrClN3O4S/c1-11-2-3-12(8-17(11)23)24-21-25-20(27)19(31-21)10-14-5-7-18(30-14)15-6-4-13(26(28)29)9-16(15)22/h2-10H,1H3,(H,24,25,27)/b19-10-. The van der Waals surface area contributed by atoms with Gasteiger partial charge in [0, 0.05) is 33.3 Å². The fourth-order valence-electron chi connectivity index (χ4n) is 2.77. The SMILES string of the molecule is Cc1ccc(N=C2NC(=O)/C(=C/c3ccc(-c4ccc([N+](=O)[O-])cc4Br)o3)S2)cc1Cl. The van der Waals surface area contributed by atoms with Gasteiger partial charge in [-0.2, -0.15) is 0 Å². The molecule has 156 valence electrons. The Balaban J connectivity index is 1.55. The van der Waals surface area contributed by atoms with Crippen LogP contribution in [-0.2, 0) is 4.79 Å². The molecule has 2 heterocycles. The van der Waals surface area contributed by atoms with E-state index in [2.05, 4.69) is 26.2 Å². The predicted molar refractivity (Wildman–Crippen MR) is 125 cm³/mol. The largest absolute Gasteiger partial charge is 0.457 e. The van der Waals surface area contributed by atoms with E-state index in [0.29, 0.717) is 42.3 Å². The third-order valence-electron chi connectivity index (χ3n) is 4.37. The Morgan fingerprint density at radius 1 is 1.23 bits per heavy atom. The van der Waals surface area contributed by atoms with E-state index in [4.69, 9.17) is 16.0 Å². The highest BCUT2D eigenvalue weighted by Gasteiger charge is 2.24. The van der Waals surface area contributed by atoms with E-state index < -0.39 is 4.92 Å². The number of nitrogens with one attached hydrogen (secondary N) is 1. The number of aliphatic imine (C=N–C) groups is 1. The van der Waals surface area contributed by atoms with Crippen molar-refractivity contribution < 1.29 is 14.1 Å². The molecule has 31 heavy (non-hydrogen) atoms. The van der Waals surface area contributed by atoms with Gasteiger partial charge in [0.1, 0.15) is 11.5 Å². The summed E-state index contributed by atoms with van der Waals surface area (Å²) in [6.45, 7) is 1.90. The van der Waals surface area contributed by atoms with Gasteiger partial charge in [-0.15, -0.1) is 0 Å². The first-order valence-electron chi connectivity index (χ1n) is 8.90. The molecule has 1 aliphatic rings. The van der Waals surface area contributed by atoms with E-state index in [1.807, 2.05) is 19.1 Å². The number of thioether (sulfide) groups is 1. The molecule has 3 aromatic rings. The van der Waals surface area contributed by atoms with E-state index in [-0.39, 0.29) is 11.6 Å². The van der Waals surface area contributed by atoms with Gasteiger partial charge in [0.15, 0.2) is 5.17 Å². The zero-order chi connectivity index (χ0) is 22.1. The van der Waals surface area contributed by atoms with Crippen LogP contribution in [0, 0.1) is 17.0 Å². The number of benzene rings is 2. The van der Waals surface area contributed by atoms with E-state index in [1.54, 1.807) is 30.3 Å². The Hall–Kier alpha value is -2.88. The van der Waals surface area contributed by atoms with Crippen LogP contribution in [0.1, 0.15) is 11.3 Å². The molecule has 1 fully saturated rings. The average molecular weight is 519 g/mol. The quantitative estimate of drug-likeness (QED) is 0.242. The van der Waals surface area contributed by atoms with E-state index in [9.17, 15) is 14.9 Å². The van der Waals surface area contributed by atoms with Crippen LogP contribution in [0.4, 0.5) is 11.4 Å². The minimum absolute atomic E-state index is 0.0229. The lowest BCUT2D eigenvalue weighted by molar-refractivity contribution is -0.384. The maximum atomic E-state index is 12.3. The van der Waals surface area contributed by atoms with E-state index in [1.165, 1.54) is 23.9 Å². The van der Waals surface area contributed by atoms with Gasteiger partial charge in [-0.3, -0.25) is 14.9 Å². The molecule has 0 unspecified atom stereocenters. The molecular weight excluding hydrogens is 506 g/mol. The molecule has 0 saturated carbocycles. The Bertz CT molecular complexity index is 1290. The molecule has 0 aliphatic carbocycles. The van der Waals surface area contributed by atoms with Crippen molar-refractivity contribution in [3.05, 3.63) is 84.4 Å². The minimum Gasteiger partial charge on any atom is -0.457 e. The summed E-state index contributed by atoms with van der Waals surface area (Å²) in [6, 6.07) is 13.3. The number of rotatable bonds is 4. The maximum Gasteiger partial charge on any atom is 0.270 e. The number of aryl methyl sites for hydroxylation is 1. The number of carbonyl (C=O) groups is 1. The van der Waals surface area contributed by atoms with Crippen LogP contribution in [0.25, 0.3) is 17.4 Å². The first kappa shape index (κ1) is 21.4. The third-order valence-corrected chi connectivity index (χ3v) is 6.34. The van der Waals surface area contributed by atoms with Crippen molar-refractivity contribution in [1.29, 1.82) is 0 Å². The average Bonchev–Trinajstić information content (AvgIpc) is 3.31. The minimum atomic E-state index is -0.466. The van der Waals surface area contributed by atoms with Gasteiger partial charge < -0.3 is 9.73 Å². The lowest BCUT2D eigenvalue weighted by Gasteiger charge is -2.01. The summed E-state index contributed by atoms with van der Waals surface area (Å²) in [5, 5.41) is 14.7. The zero-order valence-electron chi connectivity index (χ0n) is 15.9. The van der Waals surface area contributed by atoms with E-state index in [0.717, 1.165) is 5.56 Å². The molecule has 0 radical (unpaired) electrons. The lowest BCUT2D eigenvalue weighted by Crippen LogP contribution is -2.19. The number of halogens is 2. The maximum absolute atomic E-state index is 12.3. The van der Waals surface area contributed by atoms with Crippen LogP contribution in [0.5, 0.6) is 0 Å². The topological polar surface area (TPSA) is 97.7 Å². The van der Waals surface area contributed by atoms with Gasteiger partial charge in [-0.25, -0.2) is 4.99 Å². The molecule has 4 rings (SSSR count). The van der Waals surface area contributed by atoms with Crippen molar-refractivity contribution in [2.24, 2.45) is 4.99 Å².